The Bertz CT molecular complexity index is 631. The van der Waals surface area contributed by atoms with Crippen molar-refractivity contribution in [3.8, 4) is 11.5 Å². The van der Waals surface area contributed by atoms with Crippen LogP contribution in [0.1, 0.15) is 9.88 Å². The number of rotatable bonds is 7. The predicted octanol–water partition coefficient (Wildman–Crippen LogP) is 2.82. The normalized spacial score (nSPS) is 10.7. The van der Waals surface area contributed by atoms with Gasteiger partial charge in [0.15, 0.2) is 5.96 Å². The molecule has 2 aromatic rings. The third-order valence-corrected chi connectivity index (χ3v) is 3.96. The van der Waals surface area contributed by atoms with Crippen LogP contribution in [0.25, 0.3) is 0 Å². The van der Waals surface area contributed by atoms with E-state index in [4.69, 9.17) is 9.47 Å². The lowest BCUT2D eigenvalue weighted by molar-refractivity contribution is 0.321. The summed E-state index contributed by atoms with van der Waals surface area (Å²) < 4.78 is 10.8. The summed E-state index contributed by atoms with van der Waals surface area (Å²) in [5, 5.41) is 7.53. The van der Waals surface area contributed by atoms with Crippen LogP contribution < -0.4 is 20.1 Å². The van der Waals surface area contributed by atoms with Gasteiger partial charge in [0.05, 0.1) is 25.2 Å². The molecule has 0 spiro atoms. The molecule has 24 heavy (non-hydrogen) atoms. The molecule has 0 radical (unpaired) electrons. The quantitative estimate of drug-likeness (QED) is 0.287. The van der Waals surface area contributed by atoms with E-state index in [9.17, 15) is 0 Å². The monoisotopic (exact) mass is 462 g/mol. The molecule has 6 nitrogen and oxygen atoms in total. The minimum absolute atomic E-state index is 0. The van der Waals surface area contributed by atoms with Crippen LogP contribution in [0.4, 0.5) is 0 Å². The lowest BCUT2D eigenvalue weighted by Crippen LogP contribution is -2.38. The van der Waals surface area contributed by atoms with Crippen molar-refractivity contribution in [2.75, 3.05) is 27.3 Å². The Labute approximate surface area is 163 Å². The number of benzene rings is 1. The van der Waals surface area contributed by atoms with E-state index < -0.39 is 0 Å². The number of halogens is 1. The smallest absolute Gasteiger partial charge is 0.191 e. The highest BCUT2D eigenvalue weighted by Gasteiger charge is 2.01. The highest BCUT2D eigenvalue weighted by Crippen LogP contribution is 2.16. The second-order valence-electron chi connectivity index (χ2n) is 4.72. The van der Waals surface area contributed by atoms with E-state index in [1.165, 1.54) is 4.88 Å². The van der Waals surface area contributed by atoms with Gasteiger partial charge < -0.3 is 20.1 Å². The van der Waals surface area contributed by atoms with Crippen molar-refractivity contribution < 1.29 is 9.47 Å². The number of aliphatic imine (C=N–C) groups is 1. The van der Waals surface area contributed by atoms with Crippen LogP contribution in [0.2, 0.25) is 0 Å². The van der Waals surface area contributed by atoms with Crippen LogP contribution >= 0.6 is 35.3 Å². The molecule has 1 heterocycles. The van der Waals surface area contributed by atoms with E-state index in [-0.39, 0.29) is 24.0 Å². The van der Waals surface area contributed by atoms with E-state index >= 15 is 0 Å². The molecule has 1 aromatic heterocycles. The summed E-state index contributed by atoms with van der Waals surface area (Å²) in [6, 6.07) is 7.52. The molecule has 0 aliphatic carbocycles. The van der Waals surface area contributed by atoms with Gasteiger partial charge in [0.1, 0.15) is 18.1 Å². The zero-order valence-corrected chi connectivity index (χ0v) is 17.2. The fraction of sp³-hybridized carbons (Fsp3) is 0.375. The number of guanidine groups is 1. The van der Waals surface area contributed by atoms with Gasteiger partial charge in [-0.2, -0.15) is 0 Å². The molecule has 0 saturated carbocycles. The van der Waals surface area contributed by atoms with Gasteiger partial charge in [-0.1, -0.05) is 0 Å². The summed E-state index contributed by atoms with van der Waals surface area (Å²) in [6.45, 7) is 3.92. The van der Waals surface area contributed by atoms with Crippen molar-refractivity contribution in [3.05, 3.63) is 40.3 Å². The molecule has 0 amide bonds. The maximum atomic E-state index is 5.66. The average Bonchev–Trinajstić information content (AvgIpc) is 3.00. The maximum Gasteiger partial charge on any atom is 0.191 e. The van der Waals surface area contributed by atoms with E-state index in [1.54, 1.807) is 25.5 Å². The second kappa shape index (κ2) is 11.1. The summed E-state index contributed by atoms with van der Waals surface area (Å²) in [5.74, 6) is 2.38. The zero-order valence-electron chi connectivity index (χ0n) is 14.0. The first-order valence-corrected chi connectivity index (χ1v) is 8.15. The number of nitrogens with one attached hydrogen (secondary N) is 2. The lowest BCUT2D eigenvalue weighted by Gasteiger charge is -2.12. The van der Waals surface area contributed by atoms with Gasteiger partial charge in [0.2, 0.25) is 0 Å². The standard InChI is InChI=1S/C16H22N4O2S.HI/c1-12-19-10-15(23-12)11-20-16(17-2)18-8-9-22-14-6-4-13(21-3)5-7-14;/h4-7,10H,8-9,11H2,1-3H3,(H2,17,18,20);1H. The molecule has 132 valence electrons. The summed E-state index contributed by atoms with van der Waals surface area (Å²) in [7, 11) is 3.39. The first-order chi connectivity index (χ1) is 11.2. The van der Waals surface area contributed by atoms with Gasteiger partial charge in [-0.3, -0.25) is 4.99 Å². The number of hydrogen-bond donors (Lipinski definition) is 2. The SMILES string of the molecule is CN=C(NCCOc1ccc(OC)cc1)NCc1cnc(C)s1.I. The maximum absolute atomic E-state index is 5.66. The van der Waals surface area contributed by atoms with Crippen molar-refractivity contribution in [1.29, 1.82) is 0 Å². The largest absolute Gasteiger partial charge is 0.497 e. The molecule has 0 fully saturated rings. The highest BCUT2D eigenvalue weighted by atomic mass is 127. The molecule has 8 heteroatoms. The van der Waals surface area contributed by atoms with Crippen LogP contribution in [0.5, 0.6) is 11.5 Å². The summed E-state index contributed by atoms with van der Waals surface area (Å²) in [5.41, 5.74) is 0. The molecule has 0 unspecified atom stereocenters. The molecule has 0 atom stereocenters. The molecule has 2 rings (SSSR count). The third kappa shape index (κ3) is 6.91. The first-order valence-electron chi connectivity index (χ1n) is 7.34. The van der Waals surface area contributed by atoms with Gasteiger partial charge >= 0.3 is 0 Å². The number of aromatic nitrogens is 1. The summed E-state index contributed by atoms with van der Waals surface area (Å²) >= 11 is 1.68. The number of hydrogen-bond acceptors (Lipinski definition) is 5. The molecule has 1 aromatic carbocycles. The minimum atomic E-state index is 0. The molecule has 2 N–H and O–H groups in total. The zero-order chi connectivity index (χ0) is 16.5. The number of ether oxygens (including phenoxy) is 2. The first kappa shape index (κ1) is 20.5. The Morgan fingerprint density at radius 3 is 2.50 bits per heavy atom. The van der Waals surface area contributed by atoms with Crippen LogP contribution in [-0.4, -0.2) is 38.3 Å². The van der Waals surface area contributed by atoms with E-state index in [1.807, 2.05) is 37.4 Å². The van der Waals surface area contributed by atoms with Crippen molar-refractivity contribution >= 4 is 41.3 Å². The Kier molecular flexibility index (Phi) is 9.46. The van der Waals surface area contributed by atoms with Crippen molar-refractivity contribution in [1.82, 2.24) is 15.6 Å². The molecule has 0 aliphatic heterocycles. The molecule has 0 saturated heterocycles. The van der Waals surface area contributed by atoms with Crippen molar-refractivity contribution in [2.24, 2.45) is 4.99 Å². The fourth-order valence-electron chi connectivity index (χ4n) is 1.89. The fourth-order valence-corrected chi connectivity index (χ4v) is 2.62. The lowest BCUT2D eigenvalue weighted by atomic mass is 10.3. The van der Waals surface area contributed by atoms with E-state index in [2.05, 4.69) is 20.6 Å². The Morgan fingerprint density at radius 2 is 1.92 bits per heavy atom. The summed E-state index contributed by atoms with van der Waals surface area (Å²) in [6.07, 6.45) is 1.88. The average molecular weight is 462 g/mol. The Morgan fingerprint density at radius 1 is 1.21 bits per heavy atom. The van der Waals surface area contributed by atoms with Crippen molar-refractivity contribution in [2.45, 2.75) is 13.5 Å². The molecular formula is C16H23IN4O2S. The number of nitrogens with zero attached hydrogens (tertiary/aromatic N) is 2. The van der Waals surface area contributed by atoms with Gasteiger partial charge in [-0.25, -0.2) is 4.98 Å². The van der Waals surface area contributed by atoms with E-state index in [0.29, 0.717) is 19.7 Å². The Hall–Kier alpha value is -1.55. The number of thiazole rings is 1. The number of aryl methyl sites for hydroxylation is 1. The number of methoxy groups -OCH3 is 1. The predicted molar refractivity (Wildman–Crippen MR) is 109 cm³/mol. The van der Waals surface area contributed by atoms with Gasteiger partial charge in [-0.05, 0) is 31.2 Å². The minimum Gasteiger partial charge on any atom is -0.497 e. The highest BCUT2D eigenvalue weighted by molar-refractivity contribution is 14.0. The van der Waals surface area contributed by atoms with Gasteiger partial charge in [-0.15, -0.1) is 35.3 Å². The van der Waals surface area contributed by atoms with Crippen LogP contribution in [0, 0.1) is 6.92 Å². The third-order valence-electron chi connectivity index (χ3n) is 3.05. The topological polar surface area (TPSA) is 67.8 Å². The summed E-state index contributed by atoms with van der Waals surface area (Å²) in [4.78, 5) is 9.60. The molecule has 0 aliphatic rings. The van der Waals surface area contributed by atoms with Gasteiger partial charge in [0.25, 0.3) is 0 Å². The van der Waals surface area contributed by atoms with Crippen LogP contribution in [-0.2, 0) is 6.54 Å². The van der Waals surface area contributed by atoms with Crippen LogP contribution in [0.3, 0.4) is 0 Å². The molecular weight excluding hydrogens is 439 g/mol. The molecule has 0 bridgehead atoms. The van der Waals surface area contributed by atoms with Crippen molar-refractivity contribution in [3.63, 3.8) is 0 Å². The van der Waals surface area contributed by atoms with Crippen LogP contribution in [0.15, 0.2) is 35.5 Å². The van der Waals surface area contributed by atoms with E-state index in [0.717, 1.165) is 22.5 Å². The van der Waals surface area contributed by atoms with Gasteiger partial charge in [0, 0.05) is 18.1 Å². The second-order valence-corrected chi connectivity index (χ2v) is 6.04. The Balaban J connectivity index is 0.00000288.